The summed E-state index contributed by atoms with van der Waals surface area (Å²) in [6.45, 7) is 4.68. The summed E-state index contributed by atoms with van der Waals surface area (Å²) in [6, 6.07) is 4.15. The number of furan rings is 1. The molecule has 0 bridgehead atoms. The molecule has 1 aliphatic heterocycles. The molecule has 24 heavy (non-hydrogen) atoms. The lowest BCUT2D eigenvalue weighted by Gasteiger charge is -2.35. The van der Waals surface area contributed by atoms with E-state index in [-0.39, 0.29) is 0 Å². The first-order valence-corrected chi connectivity index (χ1v) is 8.36. The van der Waals surface area contributed by atoms with Crippen LogP contribution in [0.4, 0.5) is 0 Å². The number of hydrogen-bond acceptors (Lipinski definition) is 6. The second kappa shape index (κ2) is 6.60. The molecule has 0 radical (unpaired) electrons. The van der Waals surface area contributed by atoms with Gasteiger partial charge in [0.15, 0.2) is 5.76 Å². The second-order valence-electron chi connectivity index (χ2n) is 6.24. The van der Waals surface area contributed by atoms with Gasteiger partial charge in [0.25, 0.3) is 5.89 Å². The minimum absolute atomic E-state index is 0.448. The van der Waals surface area contributed by atoms with Crippen molar-refractivity contribution in [1.82, 2.24) is 24.6 Å². The van der Waals surface area contributed by atoms with Crippen molar-refractivity contribution >= 4 is 0 Å². The van der Waals surface area contributed by atoms with Crippen molar-refractivity contribution in [1.29, 1.82) is 0 Å². The molecule has 7 heteroatoms. The molecule has 3 aromatic rings. The van der Waals surface area contributed by atoms with Crippen LogP contribution in [-0.4, -0.2) is 37.2 Å². The third-order valence-corrected chi connectivity index (χ3v) is 4.59. The van der Waals surface area contributed by atoms with E-state index in [0.29, 0.717) is 17.7 Å². The Morgan fingerprint density at radius 3 is 3.08 bits per heavy atom. The van der Waals surface area contributed by atoms with Crippen LogP contribution >= 0.6 is 0 Å². The smallest absolute Gasteiger partial charge is 0.263 e. The van der Waals surface area contributed by atoms with Gasteiger partial charge < -0.3 is 8.83 Å². The molecular formula is C17H21N5O2. The monoisotopic (exact) mass is 327 g/mol. The lowest BCUT2D eigenvalue weighted by atomic mass is 10.0. The van der Waals surface area contributed by atoms with Crippen LogP contribution in [0.15, 0.2) is 39.9 Å². The SMILES string of the molecule is Cc1oc(-c2ccco2)nc1CN1CCCC[C@H]1Cn1cncn1. The summed E-state index contributed by atoms with van der Waals surface area (Å²) in [5.74, 6) is 2.07. The maximum Gasteiger partial charge on any atom is 0.263 e. The maximum atomic E-state index is 5.78. The average molecular weight is 327 g/mol. The van der Waals surface area contributed by atoms with Gasteiger partial charge in [0.05, 0.1) is 18.5 Å². The number of aromatic nitrogens is 4. The zero-order chi connectivity index (χ0) is 16.4. The average Bonchev–Trinajstić information content (AvgIpc) is 3.32. The first-order chi connectivity index (χ1) is 11.8. The number of rotatable bonds is 5. The highest BCUT2D eigenvalue weighted by Gasteiger charge is 2.25. The predicted molar refractivity (Wildman–Crippen MR) is 87.0 cm³/mol. The van der Waals surface area contributed by atoms with Crippen molar-refractivity contribution < 1.29 is 8.83 Å². The fourth-order valence-corrected chi connectivity index (χ4v) is 3.29. The largest absolute Gasteiger partial charge is 0.459 e. The summed E-state index contributed by atoms with van der Waals surface area (Å²) >= 11 is 0. The van der Waals surface area contributed by atoms with E-state index in [9.17, 15) is 0 Å². The van der Waals surface area contributed by atoms with E-state index < -0.39 is 0 Å². The normalized spacial score (nSPS) is 19.0. The zero-order valence-electron chi connectivity index (χ0n) is 13.8. The van der Waals surface area contributed by atoms with Crippen LogP contribution < -0.4 is 0 Å². The molecule has 1 aliphatic rings. The molecule has 1 saturated heterocycles. The van der Waals surface area contributed by atoms with E-state index in [4.69, 9.17) is 8.83 Å². The molecule has 0 aromatic carbocycles. The Balaban J connectivity index is 1.50. The molecular weight excluding hydrogens is 306 g/mol. The van der Waals surface area contributed by atoms with Crippen LogP contribution in [0.2, 0.25) is 0 Å². The number of hydrogen-bond donors (Lipinski definition) is 0. The van der Waals surface area contributed by atoms with Crippen LogP contribution in [0.3, 0.4) is 0 Å². The van der Waals surface area contributed by atoms with Gasteiger partial charge in [-0.2, -0.15) is 5.10 Å². The molecule has 0 spiro atoms. The first-order valence-electron chi connectivity index (χ1n) is 8.36. The molecule has 1 fully saturated rings. The van der Waals surface area contributed by atoms with Gasteiger partial charge in [-0.1, -0.05) is 6.42 Å². The van der Waals surface area contributed by atoms with E-state index in [0.717, 1.165) is 31.1 Å². The Hall–Kier alpha value is -2.41. The fraction of sp³-hybridized carbons (Fsp3) is 0.471. The van der Waals surface area contributed by atoms with Crippen molar-refractivity contribution in [2.75, 3.05) is 6.54 Å². The third kappa shape index (κ3) is 3.12. The molecule has 3 aromatic heterocycles. The Morgan fingerprint density at radius 2 is 2.29 bits per heavy atom. The number of oxazole rings is 1. The summed E-state index contributed by atoms with van der Waals surface area (Å²) < 4.78 is 13.1. The summed E-state index contributed by atoms with van der Waals surface area (Å²) in [5, 5.41) is 4.24. The second-order valence-corrected chi connectivity index (χ2v) is 6.24. The van der Waals surface area contributed by atoms with Crippen LogP contribution in [0.5, 0.6) is 0 Å². The van der Waals surface area contributed by atoms with Crippen LogP contribution in [0.1, 0.15) is 30.7 Å². The predicted octanol–water partition coefficient (Wildman–Crippen LogP) is 2.89. The van der Waals surface area contributed by atoms with E-state index >= 15 is 0 Å². The van der Waals surface area contributed by atoms with Gasteiger partial charge in [-0.3, -0.25) is 9.58 Å². The van der Waals surface area contributed by atoms with Crippen molar-refractivity contribution in [3.63, 3.8) is 0 Å². The molecule has 4 rings (SSSR count). The molecule has 0 amide bonds. The van der Waals surface area contributed by atoms with Gasteiger partial charge in [0, 0.05) is 12.6 Å². The van der Waals surface area contributed by atoms with Crippen LogP contribution in [-0.2, 0) is 13.1 Å². The Kier molecular flexibility index (Phi) is 4.17. The Labute approximate surface area is 140 Å². The van der Waals surface area contributed by atoms with Crippen molar-refractivity contribution in [3.8, 4) is 11.7 Å². The van der Waals surface area contributed by atoms with E-state index in [1.54, 1.807) is 18.9 Å². The van der Waals surface area contributed by atoms with Crippen LogP contribution in [0.25, 0.3) is 11.7 Å². The molecule has 7 nitrogen and oxygen atoms in total. The van der Waals surface area contributed by atoms with E-state index in [1.165, 1.54) is 19.3 Å². The quantitative estimate of drug-likeness (QED) is 0.717. The van der Waals surface area contributed by atoms with E-state index in [2.05, 4.69) is 20.0 Å². The minimum Gasteiger partial charge on any atom is -0.459 e. The standard InChI is InChI=1S/C17H21N5O2/c1-13-15(20-17(24-13)16-6-4-8-23-16)10-21-7-3-2-5-14(21)9-22-12-18-11-19-22/h4,6,8,11-12,14H,2-3,5,7,9-10H2,1H3/t14-/m0/s1. The van der Waals surface area contributed by atoms with Crippen LogP contribution in [0, 0.1) is 6.92 Å². The number of aryl methyl sites for hydroxylation is 1. The molecule has 4 heterocycles. The maximum absolute atomic E-state index is 5.78. The number of nitrogens with zero attached hydrogens (tertiary/aromatic N) is 5. The van der Waals surface area contributed by atoms with Gasteiger partial charge in [0.2, 0.25) is 0 Å². The summed E-state index contributed by atoms with van der Waals surface area (Å²) in [5.41, 5.74) is 0.979. The third-order valence-electron chi connectivity index (χ3n) is 4.59. The topological polar surface area (TPSA) is 73.1 Å². The van der Waals surface area contributed by atoms with Gasteiger partial charge >= 0.3 is 0 Å². The van der Waals surface area contributed by atoms with Gasteiger partial charge in [-0.25, -0.2) is 9.97 Å². The highest BCUT2D eigenvalue weighted by atomic mass is 16.4. The fourth-order valence-electron chi connectivity index (χ4n) is 3.29. The molecule has 0 aliphatic carbocycles. The minimum atomic E-state index is 0.448. The summed E-state index contributed by atoms with van der Waals surface area (Å²) in [7, 11) is 0. The highest BCUT2D eigenvalue weighted by molar-refractivity contribution is 5.44. The molecule has 0 unspecified atom stereocenters. The Morgan fingerprint density at radius 1 is 1.33 bits per heavy atom. The van der Waals surface area contributed by atoms with Gasteiger partial charge in [-0.05, 0) is 38.4 Å². The molecule has 0 N–H and O–H groups in total. The van der Waals surface area contributed by atoms with Crippen molar-refractivity contribution in [3.05, 3.63) is 42.5 Å². The van der Waals surface area contributed by atoms with Gasteiger partial charge in [-0.15, -0.1) is 0 Å². The number of piperidine rings is 1. The summed E-state index contributed by atoms with van der Waals surface area (Å²) in [4.78, 5) is 11.2. The zero-order valence-corrected chi connectivity index (χ0v) is 13.8. The first kappa shape index (κ1) is 15.1. The molecule has 0 saturated carbocycles. The Bertz CT molecular complexity index is 763. The lowest BCUT2D eigenvalue weighted by molar-refractivity contribution is 0.120. The molecule has 1 atom stereocenters. The lowest BCUT2D eigenvalue weighted by Crippen LogP contribution is -2.41. The summed E-state index contributed by atoms with van der Waals surface area (Å²) in [6.07, 6.45) is 8.64. The highest BCUT2D eigenvalue weighted by Crippen LogP contribution is 2.25. The number of likely N-dealkylation sites (tertiary alicyclic amines) is 1. The van der Waals surface area contributed by atoms with E-state index in [1.807, 2.05) is 23.7 Å². The van der Waals surface area contributed by atoms with Crippen molar-refractivity contribution in [2.45, 2.75) is 45.3 Å². The van der Waals surface area contributed by atoms with Gasteiger partial charge in [0.1, 0.15) is 18.4 Å². The van der Waals surface area contributed by atoms with Crippen molar-refractivity contribution in [2.24, 2.45) is 0 Å². The molecule has 126 valence electrons.